The summed E-state index contributed by atoms with van der Waals surface area (Å²) in [5, 5.41) is 9.31. The number of aryl methyl sites for hydroxylation is 1. The predicted octanol–water partition coefficient (Wildman–Crippen LogP) is 1.34. The van der Waals surface area contributed by atoms with Crippen molar-refractivity contribution in [3.05, 3.63) is 24.0 Å². The van der Waals surface area contributed by atoms with Crippen LogP contribution in [0.2, 0.25) is 0 Å². The molecule has 0 aromatic carbocycles. The van der Waals surface area contributed by atoms with Gasteiger partial charge in [-0.15, -0.1) is 0 Å². The van der Waals surface area contributed by atoms with Gasteiger partial charge in [-0.25, -0.2) is 0 Å². The minimum absolute atomic E-state index is 0.183. The van der Waals surface area contributed by atoms with E-state index in [2.05, 4.69) is 0 Å². The molecule has 1 heterocycles. The highest BCUT2D eigenvalue weighted by atomic mass is 16.3. The van der Waals surface area contributed by atoms with Gasteiger partial charge in [-0.05, 0) is 24.5 Å². The molecule has 1 rings (SSSR count). The van der Waals surface area contributed by atoms with Gasteiger partial charge in [-0.3, -0.25) is 0 Å². The maximum Gasteiger partial charge on any atom is 0.0578 e. The second-order valence-corrected chi connectivity index (χ2v) is 2.95. The first kappa shape index (κ1) is 8.34. The van der Waals surface area contributed by atoms with E-state index in [1.54, 1.807) is 0 Å². The van der Waals surface area contributed by atoms with Crippen LogP contribution in [-0.2, 0) is 13.5 Å². The molecule has 11 heavy (non-hydrogen) atoms. The van der Waals surface area contributed by atoms with Crippen LogP contribution in [0.4, 0.5) is 0 Å². The molecular formula is C9H15NO. The van der Waals surface area contributed by atoms with Gasteiger partial charge >= 0.3 is 0 Å². The zero-order valence-corrected chi connectivity index (χ0v) is 7.12. The fourth-order valence-electron chi connectivity index (χ4n) is 1.10. The van der Waals surface area contributed by atoms with Gasteiger partial charge in [0.05, 0.1) is 6.10 Å². The second kappa shape index (κ2) is 3.58. The quantitative estimate of drug-likeness (QED) is 0.696. The third-order valence-corrected chi connectivity index (χ3v) is 1.84. The van der Waals surface area contributed by atoms with E-state index >= 15 is 0 Å². The highest BCUT2D eigenvalue weighted by Gasteiger charge is 2.02. The Hall–Kier alpha value is -0.760. The summed E-state index contributed by atoms with van der Waals surface area (Å²) >= 11 is 0. The molecule has 0 amide bonds. The van der Waals surface area contributed by atoms with E-state index < -0.39 is 0 Å². The number of hydrogen-bond acceptors (Lipinski definition) is 1. The minimum atomic E-state index is -0.183. The van der Waals surface area contributed by atoms with Gasteiger partial charge in [0.15, 0.2) is 0 Å². The third-order valence-electron chi connectivity index (χ3n) is 1.84. The largest absolute Gasteiger partial charge is 0.393 e. The second-order valence-electron chi connectivity index (χ2n) is 2.95. The average Bonchev–Trinajstić information content (AvgIpc) is 2.35. The number of aromatic nitrogens is 1. The normalized spacial score (nSPS) is 13.4. The highest BCUT2D eigenvalue weighted by Crippen LogP contribution is 2.05. The van der Waals surface area contributed by atoms with Crippen molar-refractivity contribution < 1.29 is 5.11 Å². The van der Waals surface area contributed by atoms with E-state index in [1.807, 2.05) is 37.0 Å². The molecule has 62 valence electrons. The third kappa shape index (κ3) is 2.39. The molecule has 0 aliphatic rings. The van der Waals surface area contributed by atoms with Crippen molar-refractivity contribution in [3.8, 4) is 0 Å². The molecule has 0 radical (unpaired) electrons. The van der Waals surface area contributed by atoms with Crippen molar-refractivity contribution in [2.75, 3.05) is 0 Å². The minimum Gasteiger partial charge on any atom is -0.393 e. The van der Waals surface area contributed by atoms with Gasteiger partial charge in [-0.2, -0.15) is 0 Å². The molecule has 0 fully saturated rings. The van der Waals surface area contributed by atoms with Crippen molar-refractivity contribution in [3.63, 3.8) is 0 Å². The fourth-order valence-corrected chi connectivity index (χ4v) is 1.10. The Morgan fingerprint density at radius 1 is 1.64 bits per heavy atom. The SMILES string of the molecule is CCC(O)Cc1ccn(C)c1. The van der Waals surface area contributed by atoms with E-state index in [-0.39, 0.29) is 6.10 Å². The van der Waals surface area contributed by atoms with Crippen LogP contribution in [0.3, 0.4) is 0 Å². The summed E-state index contributed by atoms with van der Waals surface area (Å²) in [5.41, 5.74) is 1.21. The molecule has 0 spiro atoms. The van der Waals surface area contributed by atoms with Crippen LogP contribution in [0, 0.1) is 0 Å². The van der Waals surface area contributed by atoms with Gasteiger partial charge in [0.2, 0.25) is 0 Å². The van der Waals surface area contributed by atoms with Crippen molar-refractivity contribution >= 4 is 0 Å². The number of rotatable bonds is 3. The van der Waals surface area contributed by atoms with Crippen LogP contribution in [0.15, 0.2) is 18.5 Å². The molecule has 2 heteroatoms. The lowest BCUT2D eigenvalue weighted by Gasteiger charge is -2.04. The first-order chi connectivity index (χ1) is 5.22. The Morgan fingerprint density at radius 3 is 2.82 bits per heavy atom. The van der Waals surface area contributed by atoms with E-state index in [0.717, 1.165) is 12.8 Å². The summed E-state index contributed by atoms with van der Waals surface area (Å²) in [6.07, 6.45) is 5.46. The maximum absolute atomic E-state index is 9.31. The maximum atomic E-state index is 9.31. The lowest BCUT2D eigenvalue weighted by atomic mass is 10.1. The van der Waals surface area contributed by atoms with Crippen LogP contribution < -0.4 is 0 Å². The van der Waals surface area contributed by atoms with E-state index in [1.165, 1.54) is 5.56 Å². The van der Waals surface area contributed by atoms with Crippen LogP contribution in [-0.4, -0.2) is 15.8 Å². The molecule has 0 saturated carbocycles. The standard InChI is InChI=1S/C9H15NO/c1-3-9(11)6-8-4-5-10(2)7-8/h4-5,7,9,11H,3,6H2,1-2H3. The van der Waals surface area contributed by atoms with Gasteiger partial charge in [-0.1, -0.05) is 6.92 Å². The lowest BCUT2D eigenvalue weighted by Crippen LogP contribution is -2.07. The summed E-state index contributed by atoms with van der Waals surface area (Å²) in [6, 6.07) is 2.04. The first-order valence-electron chi connectivity index (χ1n) is 4.01. The molecule has 0 bridgehead atoms. The Morgan fingerprint density at radius 2 is 2.36 bits per heavy atom. The summed E-state index contributed by atoms with van der Waals surface area (Å²) in [6.45, 7) is 1.99. The van der Waals surface area contributed by atoms with Crippen LogP contribution in [0.25, 0.3) is 0 Å². The highest BCUT2D eigenvalue weighted by molar-refractivity contribution is 5.10. The predicted molar refractivity (Wildman–Crippen MR) is 45.4 cm³/mol. The number of aliphatic hydroxyl groups excluding tert-OH is 1. The van der Waals surface area contributed by atoms with Crippen molar-refractivity contribution in [1.29, 1.82) is 0 Å². The van der Waals surface area contributed by atoms with Gasteiger partial charge in [0.1, 0.15) is 0 Å². The topological polar surface area (TPSA) is 25.2 Å². The Labute approximate surface area is 67.5 Å². The van der Waals surface area contributed by atoms with E-state index in [0.29, 0.717) is 0 Å². The molecule has 1 aromatic rings. The van der Waals surface area contributed by atoms with Gasteiger partial charge in [0.25, 0.3) is 0 Å². The van der Waals surface area contributed by atoms with Crippen molar-refractivity contribution in [2.24, 2.45) is 7.05 Å². The molecular weight excluding hydrogens is 138 g/mol. The summed E-state index contributed by atoms with van der Waals surface area (Å²) in [4.78, 5) is 0. The monoisotopic (exact) mass is 153 g/mol. The van der Waals surface area contributed by atoms with Crippen molar-refractivity contribution in [2.45, 2.75) is 25.9 Å². The molecule has 1 unspecified atom stereocenters. The van der Waals surface area contributed by atoms with Crippen LogP contribution >= 0.6 is 0 Å². The van der Waals surface area contributed by atoms with Gasteiger partial charge < -0.3 is 9.67 Å². The van der Waals surface area contributed by atoms with E-state index in [9.17, 15) is 5.11 Å². The summed E-state index contributed by atoms with van der Waals surface area (Å²) < 4.78 is 2.00. The van der Waals surface area contributed by atoms with Crippen molar-refractivity contribution in [1.82, 2.24) is 4.57 Å². The number of nitrogens with zero attached hydrogens (tertiary/aromatic N) is 1. The molecule has 0 aliphatic heterocycles. The molecule has 1 N–H and O–H groups in total. The Bertz CT molecular complexity index is 217. The zero-order chi connectivity index (χ0) is 8.27. The Kier molecular flexibility index (Phi) is 2.71. The number of aliphatic hydroxyl groups is 1. The molecule has 1 aromatic heterocycles. The summed E-state index contributed by atoms with van der Waals surface area (Å²) in [7, 11) is 1.99. The molecule has 1 atom stereocenters. The van der Waals surface area contributed by atoms with Crippen LogP contribution in [0.1, 0.15) is 18.9 Å². The first-order valence-corrected chi connectivity index (χ1v) is 4.01. The fraction of sp³-hybridized carbons (Fsp3) is 0.556. The lowest BCUT2D eigenvalue weighted by molar-refractivity contribution is 0.171. The molecule has 2 nitrogen and oxygen atoms in total. The average molecular weight is 153 g/mol. The molecule has 0 aliphatic carbocycles. The van der Waals surface area contributed by atoms with Gasteiger partial charge in [0, 0.05) is 19.4 Å². The Balaban J connectivity index is 2.50. The van der Waals surface area contributed by atoms with Crippen LogP contribution in [0.5, 0.6) is 0 Å². The molecule has 0 saturated heterocycles. The number of hydrogen-bond donors (Lipinski definition) is 1. The zero-order valence-electron chi connectivity index (χ0n) is 7.12. The summed E-state index contributed by atoms with van der Waals surface area (Å²) in [5.74, 6) is 0. The smallest absolute Gasteiger partial charge is 0.0578 e. The van der Waals surface area contributed by atoms with E-state index in [4.69, 9.17) is 0 Å².